The number of carboxylic acids is 1. The summed E-state index contributed by atoms with van der Waals surface area (Å²) in [4.78, 5) is 28.6. The number of halogens is 2. The van der Waals surface area contributed by atoms with Gasteiger partial charge in [-0.1, -0.05) is 13.8 Å². The first-order valence-electron chi connectivity index (χ1n) is 10.7. The molecule has 1 amide bonds. The molecule has 1 aromatic carbocycles. The summed E-state index contributed by atoms with van der Waals surface area (Å²) in [6.07, 6.45) is 2.68. The molecular weight excluding hydrogens is 416 g/mol. The summed E-state index contributed by atoms with van der Waals surface area (Å²) in [7, 11) is 0. The number of aromatic nitrogens is 1. The molecule has 1 aliphatic heterocycles. The summed E-state index contributed by atoms with van der Waals surface area (Å²) in [5, 5.41) is 15.3. The van der Waals surface area contributed by atoms with Crippen LogP contribution in [-0.2, 0) is 9.59 Å². The normalized spacial score (nSPS) is 24.0. The number of carboxylic acid groups (broad SMARTS) is 1. The Morgan fingerprint density at radius 3 is 2.47 bits per heavy atom. The van der Waals surface area contributed by atoms with Crippen molar-refractivity contribution in [2.24, 2.45) is 17.3 Å². The third-order valence-electron chi connectivity index (χ3n) is 7.08. The summed E-state index contributed by atoms with van der Waals surface area (Å²) in [6, 6.07) is 0.823. The number of benzene rings is 1. The lowest BCUT2D eigenvalue weighted by Crippen LogP contribution is -2.46. The van der Waals surface area contributed by atoms with Crippen LogP contribution in [0.5, 0.6) is 0 Å². The van der Waals surface area contributed by atoms with E-state index in [9.17, 15) is 23.5 Å². The number of piperidine rings is 1. The van der Waals surface area contributed by atoms with Gasteiger partial charge in [0.1, 0.15) is 0 Å². The molecule has 1 saturated carbocycles. The van der Waals surface area contributed by atoms with Crippen LogP contribution in [0.2, 0.25) is 0 Å². The SMILES string of the molecule is Cc1cncc(C)c1-c1cc(F)c(F)c([C@H](CC(=O)O)NC(=O)[C@H]2NC[C@H]3[C@@H]2C3(C)C)c1. The molecule has 6 nitrogen and oxygen atoms in total. The van der Waals surface area contributed by atoms with Gasteiger partial charge in [0.15, 0.2) is 11.6 Å². The van der Waals surface area contributed by atoms with E-state index in [-0.39, 0.29) is 16.9 Å². The largest absolute Gasteiger partial charge is 0.481 e. The molecule has 170 valence electrons. The van der Waals surface area contributed by atoms with Gasteiger partial charge in [-0.2, -0.15) is 0 Å². The van der Waals surface area contributed by atoms with Gasteiger partial charge in [0.2, 0.25) is 5.91 Å². The van der Waals surface area contributed by atoms with Gasteiger partial charge in [0.05, 0.1) is 18.5 Å². The van der Waals surface area contributed by atoms with Crippen molar-refractivity contribution >= 4 is 11.9 Å². The second-order valence-electron chi connectivity index (χ2n) is 9.51. The highest BCUT2D eigenvalue weighted by molar-refractivity contribution is 5.84. The molecule has 0 unspecified atom stereocenters. The Bertz CT molecular complexity index is 1080. The smallest absolute Gasteiger partial charge is 0.305 e. The lowest BCUT2D eigenvalue weighted by molar-refractivity contribution is -0.137. The molecule has 0 radical (unpaired) electrons. The average Bonchev–Trinajstić information content (AvgIpc) is 3.03. The first-order chi connectivity index (χ1) is 15.0. The second kappa shape index (κ2) is 7.92. The van der Waals surface area contributed by atoms with E-state index in [0.29, 0.717) is 23.6 Å². The molecule has 32 heavy (non-hydrogen) atoms. The van der Waals surface area contributed by atoms with Gasteiger partial charge in [-0.05, 0) is 72.0 Å². The van der Waals surface area contributed by atoms with Crippen LogP contribution in [0.4, 0.5) is 8.78 Å². The van der Waals surface area contributed by atoms with Crippen molar-refractivity contribution in [3.05, 3.63) is 52.9 Å². The predicted octanol–water partition coefficient (Wildman–Crippen LogP) is 3.52. The molecule has 1 aliphatic carbocycles. The number of nitrogens with one attached hydrogen (secondary N) is 2. The number of hydrogen-bond donors (Lipinski definition) is 3. The summed E-state index contributed by atoms with van der Waals surface area (Å²) < 4.78 is 29.5. The Labute approximate surface area is 185 Å². The summed E-state index contributed by atoms with van der Waals surface area (Å²) >= 11 is 0. The van der Waals surface area contributed by atoms with Crippen LogP contribution in [0.1, 0.15) is 43.0 Å². The molecule has 3 N–H and O–H groups in total. The third kappa shape index (κ3) is 3.77. The number of nitrogens with zero attached hydrogens (tertiary/aromatic N) is 1. The molecular formula is C24H27F2N3O3. The summed E-state index contributed by atoms with van der Waals surface area (Å²) in [5.74, 6) is -3.35. The van der Waals surface area contributed by atoms with E-state index in [0.717, 1.165) is 17.2 Å². The Hall–Kier alpha value is -2.87. The number of rotatable bonds is 6. The van der Waals surface area contributed by atoms with Gasteiger partial charge in [0.25, 0.3) is 0 Å². The van der Waals surface area contributed by atoms with E-state index < -0.39 is 42.0 Å². The number of amides is 1. The maximum atomic E-state index is 14.9. The van der Waals surface area contributed by atoms with E-state index in [1.54, 1.807) is 12.4 Å². The molecule has 2 fully saturated rings. The molecule has 0 bridgehead atoms. The Kier molecular flexibility index (Phi) is 5.53. The minimum Gasteiger partial charge on any atom is -0.481 e. The van der Waals surface area contributed by atoms with E-state index in [4.69, 9.17) is 0 Å². The van der Waals surface area contributed by atoms with Gasteiger partial charge in [-0.3, -0.25) is 14.6 Å². The molecule has 8 heteroatoms. The lowest BCUT2D eigenvalue weighted by Gasteiger charge is -2.24. The number of aryl methyl sites for hydroxylation is 2. The van der Waals surface area contributed by atoms with Gasteiger partial charge >= 0.3 is 5.97 Å². The zero-order chi connectivity index (χ0) is 23.4. The van der Waals surface area contributed by atoms with Crippen LogP contribution < -0.4 is 10.6 Å². The van der Waals surface area contributed by atoms with E-state index in [1.165, 1.54) is 6.07 Å². The number of carbonyl (C=O) groups is 2. The van der Waals surface area contributed by atoms with Crippen molar-refractivity contribution in [2.75, 3.05) is 6.54 Å². The van der Waals surface area contributed by atoms with Crippen LogP contribution in [0.3, 0.4) is 0 Å². The Balaban J connectivity index is 1.70. The molecule has 1 aromatic heterocycles. The van der Waals surface area contributed by atoms with Gasteiger partial charge < -0.3 is 15.7 Å². The Morgan fingerprint density at radius 1 is 1.25 bits per heavy atom. The number of pyridine rings is 1. The van der Waals surface area contributed by atoms with Gasteiger partial charge in [0, 0.05) is 18.0 Å². The van der Waals surface area contributed by atoms with Crippen molar-refractivity contribution in [1.29, 1.82) is 0 Å². The summed E-state index contributed by atoms with van der Waals surface area (Å²) in [6.45, 7) is 8.52. The molecule has 2 heterocycles. The van der Waals surface area contributed by atoms with Crippen LogP contribution in [-0.4, -0.2) is 34.6 Å². The number of aliphatic carboxylic acids is 1. The first-order valence-corrected chi connectivity index (χ1v) is 10.7. The van der Waals surface area contributed by atoms with E-state index in [2.05, 4.69) is 29.5 Å². The summed E-state index contributed by atoms with van der Waals surface area (Å²) in [5.41, 5.74) is 2.50. The van der Waals surface area contributed by atoms with E-state index >= 15 is 0 Å². The molecule has 2 aliphatic rings. The lowest BCUT2D eigenvalue weighted by atomic mass is 9.93. The Morgan fingerprint density at radius 2 is 1.91 bits per heavy atom. The second-order valence-corrected chi connectivity index (χ2v) is 9.51. The van der Waals surface area contributed by atoms with Crippen molar-refractivity contribution in [2.45, 2.75) is 46.2 Å². The van der Waals surface area contributed by atoms with Crippen LogP contribution in [0, 0.1) is 42.7 Å². The maximum Gasteiger partial charge on any atom is 0.305 e. The number of carbonyl (C=O) groups excluding carboxylic acids is 1. The molecule has 0 spiro atoms. The minimum absolute atomic E-state index is 0.0310. The monoisotopic (exact) mass is 443 g/mol. The number of hydrogen-bond acceptors (Lipinski definition) is 4. The van der Waals surface area contributed by atoms with Crippen molar-refractivity contribution < 1.29 is 23.5 Å². The molecule has 4 rings (SSSR count). The van der Waals surface area contributed by atoms with Gasteiger partial charge in [-0.15, -0.1) is 0 Å². The zero-order valence-electron chi connectivity index (χ0n) is 18.5. The highest BCUT2D eigenvalue weighted by Gasteiger charge is 2.65. The fourth-order valence-corrected chi connectivity index (χ4v) is 5.31. The van der Waals surface area contributed by atoms with Crippen molar-refractivity contribution in [3.63, 3.8) is 0 Å². The number of fused-ring (bicyclic) bond motifs is 1. The standard InChI is InChI=1S/C24H27F2N3O3/c1-11-8-27-9-12(2)19(11)13-5-14(21(26)16(25)6-13)17(7-18(30)31)29-23(32)22-20-15(10-28-22)24(20,3)4/h5-6,8-9,15,17,20,22,28H,7,10H2,1-4H3,(H,29,32)(H,30,31)/t15-,17-,20-,22-/m0/s1. The fourth-order valence-electron chi connectivity index (χ4n) is 5.31. The van der Waals surface area contributed by atoms with Crippen molar-refractivity contribution in [1.82, 2.24) is 15.6 Å². The topological polar surface area (TPSA) is 91.3 Å². The van der Waals surface area contributed by atoms with E-state index in [1.807, 2.05) is 13.8 Å². The maximum absolute atomic E-state index is 14.9. The van der Waals surface area contributed by atoms with Gasteiger partial charge in [-0.25, -0.2) is 8.78 Å². The predicted molar refractivity (Wildman–Crippen MR) is 115 cm³/mol. The van der Waals surface area contributed by atoms with Crippen molar-refractivity contribution in [3.8, 4) is 11.1 Å². The molecule has 1 saturated heterocycles. The third-order valence-corrected chi connectivity index (χ3v) is 7.08. The fraction of sp³-hybridized carbons (Fsp3) is 0.458. The quantitative estimate of drug-likeness (QED) is 0.636. The minimum atomic E-state index is -1.22. The molecule has 4 atom stereocenters. The van der Waals surface area contributed by atoms with Crippen LogP contribution >= 0.6 is 0 Å². The highest BCUT2D eigenvalue weighted by atomic mass is 19.2. The highest BCUT2D eigenvalue weighted by Crippen LogP contribution is 2.62. The molecule has 2 aromatic rings. The van der Waals surface area contributed by atoms with Crippen LogP contribution in [0.25, 0.3) is 11.1 Å². The first kappa shape index (κ1) is 22.3. The average molecular weight is 443 g/mol. The van der Waals surface area contributed by atoms with Crippen LogP contribution in [0.15, 0.2) is 24.5 Å². The zero-order valence-corrected chi connectivity index (χ0v) is 18.5.